The van der Waals surface area contributed by atoms with Crippen molar-refractivity contribution in [1.29, 1.82) is 0 Å². The lowest BCUT2D eigenvalue weighted by Crippen LogP contribution is -2.32. The van der Waals surface area contributed by atoms with Crippen LogP contribution in [0, 0.1) is 0 Å². The molecule has 1 N–H and O–H groups in total. The van der Waals surface area contributed by atoms with Crippen molar-refractivity contribution in [2.75, 3.05) is 19.3 Å². The lowest BCUT2D eigenvalue weighted by molar-refractivity contribution is 0.183. The Morgan fingerprint density at radius 2 is 2.10 bits per heavy atom. The van der Waals surface area contributed by atoms with Crippen LogP contribution in [0.1, 0.15) is 12.8 Å². The van der Waals surface area contributed by atoms with Crippen LogP contribution in [-0.4, -0.2) is 29.7 Å². The Labute approximate surface area is 63.8 Å². The monoisotopic (exact) mass is 163 g/mol. The molecule has 0 aliphatic carbocycles. The maximum absolute atomic E-state index is 10.6. The molecule has 1 aliphatic rings. The molecule has 60 valence electrons. The van der Waals surface area contributed by atoms with Crippen LogP contribution in [-0.2, 0) is 15.3 Å². The molecule has 10 heavy (non-hydrogen) atoms. The van der Waals surface area contributed by atoms with E-state index in [-0.39, 0.29) is 6.10 Å². The van der Waals surface area contributed by atoms with Crippen LogP contribution in [0.5, 0.6) is 0 Å². The topological polar surface area (TPSA) is 38.3 Å². The molecule has 0 aromatic carbocycles. The fourth-order valence-electron chi connectivity index (χ4n) is 1.08. The van der Waals surface area contributed by atoms with Gasteiger partial charge in [-0.25, -0.2) is 4.21 Å². The van der Waals surface area contributed by atoms with E-state index in [1.807, 2.05) is 0 Å². The Morgan fingerprint density at radius 3 is 2.60 bits per heavy atom. The molecule has 0 aromatic heterocycles. The molecule has 0 radical (unpaired) electrons. The highest BCUT2D eigenvalue weighted by Crippen LogP contribution is 2.07. The van der Waals surface area contributed by atoms with Gasteiger partial charge in [0.15, 0.2) is 11.1 Å². The van der Waals surface area contributed by atoms with Gasteiger partial charge < -0.3 is 5.32 Å². The fourth-order valence-corrected chi connectivity index (χ4v) is 1.66. The second-order valence-corrected chi connectivity index (χ2v) is 3.44. The maximum atomic E-state index is 10.6. The number of nitrogens with one attached hydrogen (secondary N) is 1. The number of hydrogen-bond acceptors (Lipinski definition) is 3. The van der Waals surface area contributed by atoms with Gasteiger partial charge in [-0.1, -0.05) is 0 Å². The van der Waals surface area contributed by atoms with Crippen molar-refractivity contribution in [3.8, 4) is 0 Å². The Hall–Kier alpha value is 0.0700. The van der Waals surface area contributed by atoms with E-state index in [0.29, 0.717) is 0 Å². The molecule has 1 unspecified atom stereocenters. The molecule has 1 rings (SSSR count). The van der Waals surface area contributed by atoms with E-state index in [0.717, 1.165) is 25.9 Å². The van der Waals surface area contributed by atoms with E-state index in [1.54, 1.807) is 6.26 Å². The van der Waals surface area contributed by atoms with Crippen LogP contribution >= 0.6 is 0 Å². The van der Waals surface area contributed by atoms with Gasteiger partial charge in [0.05, 0.1) is 6.10 Å². The summed E-state index contributed by atoms with van der Waals surface area (Å²) in [6.45, 7) is 1.98. The Kier molecular flexibility index (Phi) is 3.31. The minimum absolute atomic E-state index is 0.215. The van der Waals surface area contributed by atoms with E-state index in [9.17, 15) is 4.21 Å². The van der Waals surface area contributed by atoms with Gasteiger partial charge in [-0.05, 0) is 25.9 Å². The average Bonchev–Trinajstić information content (AvgIpc) is 1.88. The first-order chi connectivity index (χ1) is 4.79. The minimum Gasteiger partial charge on any atom is -0.317 e. The lowest BCUT2D eigenvalue weighted by Gasteiger charge is -2.20. The van der Waals surface area contributed by atoms with Gasteiger partial charge in [0, 0.05) is 6.26 Å². The Balaban J connectivity index is 2.19. The maximum Gasteiger partial charge on any atom is 0.152 e. The van der Waals surface area contributed by atoms with Gasteiger partial charge in [-0.15, -0.1) is 0 Å². The van der Waals surface area contributed by atoms with E-state index >= 15 is 0 Å². The first-order valence-corrected chi connectivity index (χ1v) is 4.98. The third-order valence-electron chi connectivity index (χ3n) is 1.56. The van der Waals surface area contributed by atoms with Crippen molar-refractivity contribution in [2.45, 2.75) is 18.9 Å². The second kappa shape index (κ2) is 4.05. The Bertz CT molecular complexity index is 123. The number of rotatable bonds is 2. The third-order valence-corrected chi connectivity index (χ3v) is 2.10. The smallest absolute Gasteiger partial charge is 0.152 e. The largest absolute Gasteiger partial charge is 0.317 e. The standard InChI is InChI=1S/C6H13NO2S/c1-10(8)9-6-2-4-7-5-3-6/h6-7H,2-5H2,1H3. The van der Waals surface area contributed by atoms with Gasteiger partial charge in [0.1, 0.15) is 0 Å². The van der Waals surface area contributed by atoms with Crippen molar-refractivity contribution < 1.29 is 8.39 Å². The first kappa shape index (κ1) is 8.17. The molecular weight excluding hydrogens is 150 g/mol. The molecule has 1 fully saturated rings. The second-order valence-electron chi connectivity index (χ2n) is 2.45. The quantitative estimate of drug-likeness (QED) is 0.625. The van der Waals surface area contributed by atoms with Crippen molar-refractivity contribution in [3.63, 3.8) is 0 Å². The van der Waals surface area contributed by atoms with Gasteiger partial charge in [-0.2, -0.15) is 0 Å². The van der Waals surface area contributed by atoms with E-state index in [2.05, 4.69) is 5.32 Å². The molecule has 1 heterocycles. The predicted octanol–water partition coefficient (Wildman–Crippen LogP) is 0.0485. The highest BCUT2D eigenvalue weighted by Gasteiger charge is 2.14. The van der Waals surface area contributed by atoms with Gasteiger partial charge in [0.2, 0.25) is 0 Å². The zero-order valence-electron chi connectivity index (χ0n) is 6.13. The predicted molar refractivity (Wildman–Crippen MR) is 41.0 cm³/mol. The molecular formula is C6H13NO2S. The molecule has 0 saturated carbocycles. The van der Waals surface area contributed by atoms with Gasteiger partial charge in [-0.3, -0.25) is 4.18 Å². The molecule has 3 nitrogen and oxygen atoms in total. The highest BCUT2D eigenvalue weighted by atomic mass is 32.2. The molecule has 1 atom stereocenters. The van der Waals surface area contributed by atoms with Crippen molar-refractivity contribution in [3.05, 3.63) is 0 Å². The summed E-state index contributed by atoms with van der Waals surface area (Å²) >= 11 is -1.09. The van der Waals surface area contributed by atoms with Crippen molar-refractivity contribution in [2.24, 2.45) is 0 Å². The number of hydrogen-bond donors (Lipinski definition) is 1. The molecule has 0 spiro atoms. The lowest BCUT2D eigenvalue weighted by atomic mass is 10.1. The zero-order valence-corrected chi connectivity index (χ0v) is 6.95. The van der Waals surface area contributed by atoms with Gasteiger partial charge >= 0.3 is 0 Å². The SMILES string of the molecule is CS(=O)OC1CCNCC1. The van der Waals surface area contributed by atoms with Gasteiger partial charge in [0.25, 0.3) is 0 Å². The third kappa shape index (κ3) is 2.77. The summed E-state index contributed by atoms with van der Waals surface area (Å²) in [4.78, 5) is 0. The normalized spacial score (nSPS) is 24.5. The van der Waals surface area contributed by atoms with Crippen molar-refractivity contribution >= 4 is 11.1 Å². The summed E-state index contributed by atoms with van der Waals surface area (Å²) in [6, 6.07) is 0. The molecule has 4 heteroatoms. The summed E-state index contributed by atoms with van der Waals surface area (Å²) in [5.74, 6) is 0. The average molecular weight is 163 g/mol. The van der Waals surface area contributed by atoms with Crippen LogP contribution in [0.3, 0.4) is 0 Å². The van der Waals surface area contributed by atoms with E-state index in [4.69, 9.17) is 4.18 Å². The molecule has 0 amide bonds. The molecule has 0 aromatic rings. The highest BCUT2D eigenvalue weighted by molar-refractivity contribution is 7.79. The summed E-state index contributed by atoms with van der Waals surface area (Å²) in [5, 5.41) is 3.21. The van der Waals surface area contributed by atoms with Crippen LogP contribution in [0.25, 0.3) is 0 Å². The van der Waals surface area contributed by atoms with Crippen LogP contribution in [0.4, 0.5) is 0 Å². The molecule has 1 saturated heterocycles. The number of piperidine rings is 1. The van der Waals surface area contributed by atoms with E-state index in [1.165, 1.54) is 0 Å². The molecule has 0 bridgehead atoms. The van der Waals surface area contributed by atoms with Crippen LogP contribution in [0.15, 0.2) is 0 Å². The first-order valence-electron chi connectivity index (χ1n) is 3.50. The zero-order chi connectivity index (χ0) is 7.40. The van der Waals surface area contributed by atoms with Crippen molar-refractivity contribution in [1.82, 2.24) is 5.32 Å². The summed E-state index contributed by atoms with van der Waals surface area (Å²) in [6.07, 6.45) is 3.76. The summed E-state index contributed by atoms with van der Waals surface area (Å²) < 4.78 is 15.7. The summed E-state index contributed by atoms with van der Waals surface area (Å²) in [5.41, 5.74) is 0. The molecule has 1 aliphatic heterocycles. The van der Waals surface area contributed by atoms with Crippen LogP contribution in [0.2, 0.25) is 0 Å². The minimum atomic E-state index is -1.09. The Morgan fingerprint density at radius 1 is 1.50 bits per heavy atom. The van der Waals surface area contributed by atoms with Crippen LogP contribution < -0.4 is 5.32 Å². The fraction of sp³-hybridized carbons (Fsp3) is 1.00. The summed E-state index contributed by atoms with van der Waals surface area (Å²) in [7, 11) is 0. The van der Waals surface area contributed by atoms with E-state index < -0.39 is 11.1 Å².